The molecule has 29 heavy (non-hydrogen) atoms. The fraction of sp³-hybridized carbons (Fsp3) is 0.476. The Hall–Kier alpha value is -2.38. The normalized spacial score (nSPS) is 17.3. The predicted octanol–water partition coefficient (Wildman–Crippen LogP) is 3.22. The summed E-state index contributed by atoms with van der Waals surface area (Å²) in [5.74, 6) is 1.08. The lowest BCUT2D eigenvalue weighted by Crippen LogP contribution is -2.27. The summed E-state index contributed by atoms with van der Waals surface area (Å²) < 4.78 is 11.2. The summed E-state index contributed by atoms with van der Waals surface area (Å²) in [4.78, 5) is 23.6. The first kappa shape index (κ1) is 19.9. The molecule has 2 aliphatic rings. The Bertz CT molecular complexity index is 852. The van der Waals surface area contributed by atoms with Gasteiger partial charge in [0, 0.05) is 50.4 Å². The largest absolute Gasteiger partial charge is 0.473 e. The van der Waals surface area contributed by atoms with Gasteiger partial charge in [-0.05, 0) is 25.0 Å². The Morgan fingerprint density at radius 1 is 1.28 bits per heavy atom. The minimum absolute atomic E-state index is 0.0445. The van der Waals surface area contributed by atoms with Crippen molar-refractivity contribution in [3.8, 4) is 5.88 Å². The number of nitrogens with zero attached hydrogens (tertiary/aromatic N) is 3. The summed E-state index contributed by atoms with van der Waals surface area (Å²) in [6.45, 7) is 3.77. The van der Waals surface area contributed by atoms with Crippen molar-refractivity contribution in [3.05, 3.63) is 46.7 Å². The second kappa shape index (κ2) is 9.41. The number of ether oxygens (including phenoxy) is 2. The van der Waals surface area contributed by atoms with Gasteiger partial charge in [0.05, 0.1) is 18.8 Å². The molecule has 0 saturated carbocycles. The van der Waals surface area contributed by atoms with E-state index in [4.69, 9.17) is 21.1 Å². The molecule has 0 unspecified atom stereocenters. The molecule has 2 fully saturated rings. The molecule has 0 radical (unpaired) electrons. The molecule has 1 N–H and O–H groups in total. The number of amides is 1. The fourth-order valence-electron chi connectivity index (χ4n) is 3.65. The summed E-state index contributed by atoms with van der Waals surface area (Å²) in [7, 11) is 0. The molecule has 0 spiro atoms. The number of pyridine rings is 2. The Kier molecular flexibility index (Phi) is 6.46. The van der Waals surface area contributed by atoms with Gasteiger partial charge in [0.15, 0.2) is 0 Å². The highest BCUT2D eigenvalue weighted by molar-refractivity contribution is 6.32. The average molecular weight is 417 g/mol. The van der Waals surface area contributed by atoms with Crippen molar-refractivity contribution in [2.45, 2.75) is 38.3 Å². The van der Waals surface area contributed by atoms with E-state index >= 15 is 0 Å². The maximum Gasteiger partial charge on any atom is 0.253 e. The van der Waals surface area contributed by atoms with Crippen LogP contribution in [0.5, 0.6) is 5.88 Å². The Morgan fingerprint density at radius 2 is 2.07 bits per heavy atom. The summed E-state index contributed by atoms with van der Waals surface area (Å²) in [6, 6.07) is 5.49. The highest BCUT2D eigenvalue weighted by Gasteiger charge is 2.20. The zero-order valence-electron chi connectivity index (χ0n) is 16.3. The molecule has 7 nitrogen and oxygen atoms in total. The van der Waals surface area contributed by atoms with Crippen LogP contribution in [0.15, 0.2) is 30.6 Å². The van der Waals surface area contributed by atoms with E-state index in [0.717, 1.165) is 37.3 Å². The maximum absolute atomic E-state index is 12.6. The van der Waals surface area contributed by atoms with E-state index < -0.39 is 0 Å². The Labute approximate surface area is 175 Å². The van der Waals surface area contributed by atoms with Crippen LogP contribution in [0, 0.1) is 0 Å². The van der Waals surface area contributed by atoms with Crippen LogP contribution >= 0.6 is 11.6 Å². The van der Waals surface area contributed by atoms with Gasteiger partial charge in [-0.25, -0.2) is 9.97 Å². The molecule has 2 saturated heterocycles. The number of carbonyl (C=O) groups excluding carboxylic acids is 1. The van der Waals surface area contributed by atoms with E-state index in [1.54, 1.807) is 12.3 Å². The van der Waals surface area contributed by atoms with Crippen LogP contribution in [-0.2, 0) is 11.3 Å². The van der Waals surface area contributed by atoms with Crippen LogP contribution < -0.4 is 15.0 Å². The van der Waals surface area contributed by atoms with Gasteiger partial charge < -0.3 is 19.7 Å². The van der Waals surface area contributed by atoms with E-state index in [2.05, 4.69) is 20.2 Å². The molecule has 2 aliphatic heterocycles. The second-order valence-electron chi connectivity index (χ2n) is 7.30. The summed E-state index contributed by atoms with van der Waals surface area (Å²) >= 11 is 6.31. The highest BCUT2D eigenvalue weighted by Crippen LogP contribution is 2.26. The van der Waals surface area contributed by atoms with Crippen molar-refractivity contribution in [2.75, 3.05) is 31.2 Å². The monoisotopic (exact) mass is 416 g/mol. The first-order valence-electron chi connectivity index (χ1n) is 10.1. The maximum atomic E-state index is 12.6. The van der Waals surface area contributed by atoms with E-state index in [1.165, 1.54) is 19.0 Å². The minimum atomic E-state index is -0.228. The molecular weight excluding hydrogens is 392 g/mol. The molecule has 2 aromatic heterocycles. The molecule has 154 valence electrons. The molecule has 1 amide bonds. The van der Waals surface area contributed by atoms with Crippen LogP contribution in [0.25, 0.3) is 0 Å². The molecule has 8 heteroatoms. The van der Waals surface area contributed by atoms with Gasteiger partial charge in [0.2, 0.25) is 5.88 Å². The topological polar surface area (TPSA) is 76.6 Å². The second-order valence-corrected chi connectivity index (χ2v) is 7.71. The van der Waals surface area contributed by atoms with Gasteiger partial charge in [0.1, 0.15) is 16.9 Å². The molecule has 0 aromatic carbocycles. The van der Waals surface area contributed by atoms with Crippen LogP contribution in [0.3, 0.4) is 0 Å². The number of hydrogen-bond acceptors (Lipinski definition) is 6. The van der Waals surface area contributed by atoms with E-state index in [1.807, 2.05) is 12.1 Å². The molecular formula is C21H25ClN4O3. The third kappa shape index (κ3) is 4.97. The number of nitrogens with one attached hydrogen (secondary N) is 1. The average Bonchev–Trinajstić information content (AvgIpc) is 3.29. The number of carbonyl (C=O) groups is 1. The number of halogens is 1. The van der Waals surface area contributed by atoms with Gasteiger partial charge in [-0.15, -0.1) is 0 Å². The van der Waals surface area contributed by atoms with Crippen LogP contribution in [0.4, 0.5) is 5.82 Å². The third-order valence-electron chi connectivity index (χ3n) is 5.23. The van der Waals surface area contributed by atoms with Crippen molar-refractivity contribution < 1.29 is 14.3 Å². The lowest BCUT2D eigenvalue weighted by molar-refractivity contribution is 0.0238. The number of hydrogen-bond donors (Lipinski definition) is 1. The predicted molar refractivity (Wildman–Crippen MR) is 111 cm³/mol. The smallest absolute Gasteiger partial charge is 0.253 e. The first-order valence-corrected chi connectivity index (χ1v) is 10.5. The lowest BCUT2D eigenvalue weighted by atomic mass is 10.1. The highest BCUT2D eigenvalue weighted by atomic mass is 35.5. The van der Waals surface area contributed by atoms with Gasteiger partial charge in [0.25, 0.3) is 5.91 Å². The molecule has 2 aromatic rings. The Balaban J connectivity index is 1.38. The van der Waals surface area contributed by atoms with Crippen LogP contribution in [0.2, 0.25) is 5.02 Å². The molecule has 4 heterocycles. The van der Waals surface area contributed by atoms with Gasteiger partial charge in [-0.1, -0.05) is 17.7 Å². The van der Waals surface area contributed by atoms with Gasteiger partial charge in [-0.3, -0.25) is 4.79 Å². The van der Waals surface area contributed by atoms with Crippen molar-refractivity contribution in [3.63, 3.8) is 0 Å². The summed E-state index contributed by atoms with van der Waals surface area (Å²) in [5, 5.41) is 3.28. The van der Waals surface area contributed by atoms with Crippen molar-refractivity contribution >= 4 is 23.3 Å². The number of aromatic nitrogens is 2. The number of rotatable bonds is 6. The van der Waals surface area contributed by atoms with Crippen molar-refractivity contribution in [1.29, 1.82) is 0 Å². The molecule has 0 bridgehead atoms. The first-order chi connectivity index (χ1) is 14.2. The quantitative estimate of drug-likeness (QED) is 0.779. The number of anilines is 1. The summed E-state index contributed by atoms with van der Waals surface area (Å²) in [5.41, 5.74) is 1.40. The van der Waals surface area contributed by atoms with Crippen LogP contribution in [0.1, 0.15) is 41.6 Å². The van der Waals surface area contributed by atoms with Crippen LogP contribution in [-0.4, -0.2) is 48.3 Å². The van der Waals surface area contributed by atoms with Crippen molar-refractivity contribution in [2.24, 2.45) is 0 Å². The van der Waals surface area contributed by atoms with E-state index in [-0.39, 0.29) is 12.0 Å². The summed E-state index contributed by atoms with van der Waals surface area (Å²) in [6.07, 6.45) is 7.31. The zero-order chi connectivity index (χ0) is 20.1. The fourth-order valence-corrected chi connectivity index (χ4v) is 3.86. The molecule has 4 rings (SSSR count). The van der Waals surface area contributed by atoms with Gasteiger partial charge in [-0.2, -0.15) is 0 Å². The SMILES string of the molecule is O=C(NCc1cccnc1N1CCCC1)c1cnc(OC2CCOCC2)c(Cl)c1. The van der Waals surface area contributed by atoms with Crippen molar-refractivity contribution in [1.82, 2.24) is 15.3 Å². The minimum Gasteiger partial charge on any atom is -0.473 e. The molecule has 0 atom stereocenters. The van der Waals surface area contributed by atoms with E-state index in [9.17, 15) is 4.79 Å². The zero-order valence-corrected chi connectivity index (χ0v) is 17.0. The van der Waals surface area contributed by atoms with Gasteiger partial charge >= 0.3 is 0 Å². The Morgan fingerprint density at radius 3 is 2.83 bits per heavy atom. The lowest BCUT2D eigenvalue weighted by Gasteiger charge is -2.23. The molecule has 0 aliphatic carbocycles. The van der Waals surface area contributed by atoms with E-state index in [0.29, 0.717) is 36.2 Å². The third-order valence-corrected chi connectivity index (χ3v) is 5.50. The standard InChI is InChI=1S/C21H25ClN4O3/c22-18-12-16(14-25-21(18)29-17-5-10-28-11-6-17)20(27)24-13-15-4-3-7-23-19(15)26-8-1-2-9-26/h3-4,7,12,14,17H,1-2,5-6,8-11,13H2,(H,24,27).